The SMILES string of the molecule is COC(=O)CCc1ccc(C=CC(=O)Nc2ncc(C)s2)o1. The van der Waals surface area contributed by atoms with Crippen molar-refractivity contribution < 1.29 is 18.7 Å². The van der Waals surface area contributed by atoms with Gasteiger partial charge in [-0.2, -0.15) is 0 Å². The maximum absolute atomic E-state index is 11.7. The molecule has 0 saturated carbocycles. The van der Waals surface area contributed by atoms with E-state index < -0.39 is 0 Å². The molecular weight excluding hydrogens is 304 g/mol. The number of anilines is 1. The molecule has 0 bridgehead atoms. The molecule has 116 valence electrons. The molecule has 2 aromatic rings. The summed E-state index contributed by atoms with van der Waals surface area (Å²) in [6.45, 7) is 1.92. The normalized spacial score (nSPS) is 10.8. The van der Waals surface area contributed by atoms with E-state index >= 15 is 0 Å². The van der Waals surface area contributed by atoms with Gasteiger partial charge in [-0.1, -0.05) is 0 Å². The van der Waals surface area contributed by atoms with Gasteiger partial charge in [-0.05, 0) is 25.1 Å². The minimum Gasteiger partial charge on any atom is -0.469 e. The third-order valence-electron chi connectivity index (χ3n) is 2.74. The highest BCUT2D eigenvalue weighted by Crippen LogP contribution is 2.16. The first-order chi connectivity index (χ1) is 10.6. The highest BCUT2D eigenvalue weighted by Gasteiger charge is 2.06. The van der Waals surface area contributed by atoms with Crippen molar-refractivity contribution in [2.24, 2.45) is 0 Å². The van der Waals surface area contributed by atoms with E-state index in [0.717, 1.165) is 4.88 Å². The van der Waals surface area contributed by atoms with E-state index in [0.29, 0.717) is 23.1 Å². The fraction of sp³-hybridized carbons (Fsp3) is 0.267. The molecule has 22 heavy (non-hydrogen) atoms. The topological polar surface area (TPSA) is 81.4 Å². The molecule has 2 heterocycles. The summed E-state index contributed by atoms with van der Waals surface area (Å²) in [7, 11) is 1.35. The molecule has 0 aliphatic rings. The fourth-order valence-electron chi connectivity index (χ4n) is 1.66. The van der Waals surface area contributed by atoms with Crippen LogP contribution in [0.1, 0.15) is 22.8 Å². The number of rotatable bonds is 6. The van der Waals surface area contributed by atoms with Gasteiger partial charge in [-0.3, -0.25) is 14.9 Å². The standard InChI is InChI=1S/C15H16N2O4S/c1-10-9-16-15(22-10)17-13(18)7-5-11-3-4-12(21-11)6-8-14(19)20-2/h3-5,7,9H,6,8H2,1-2H3,(H,16,17,18). The zero-order chi connectivity index (χ0) is 15.9. The monoisotopic (exact) mass is 320 g/mol. The lowest BCUT2D eigenvalue weighted by atomic mass is 10.2. The van der Waals surface area contributed by atoms with Gasteiger partial charge in [-0.15, -0.1) is 11.3 Å². The lowest BCUT2D eigenvalue weighted by molar-refractivity contribution is -0.140. The Morgan fingerprint density at radius 3 is 2.95 bits per heavy atom. The van der Waals surface area contributed by atoms with Crippen LogP contribution in [-0.2, 0) is 20.7 Å². The number of amides is 1. The Hall–Kier alpha value is -2.41. The molecule has 0 saturated heterocycles. The molecule has 0 atom stereocenters. The second kappa shape index (κ2) is 7.56. The molecule has 1 N–H and O–H groups in total. The van der Waals surface area contributed by atoms with Gasteiger partial charge >= 0.3 is 5.97 Å². The number of carbonyl (C=O) groups excluding carboxylic acids is 2. The summed E-state index contributed by atoms with van der Waals surface area (Å²) in [6, 6.07) is 3.51. The van der Waals surface area contributed by atoms with E-state index in [-0.39, 0.29) is 18.3 Å². The van der Waals surface area contributed by atoms with Crippen LogP contribution >= 0.6 is 11.3 Å². The van der Waals surface area contributed by atoms with Crippen LogP contribution in [0.4, 0.5) is 5.13 Å². The molecule has 0 unspecified atom stereocenters. The van der Waals surface area contributed by atoms with Crippen LogP contribution in [0.3, 0.4) is 0 Å². The van der Waals surface area contributed by atoms with Crippen molar-refractivity contribution in [2.75, 3.05) is 12.4 Å². The summed E-state index contributed by atoms with van der Waals surface area (Å²) in [6.07, 6.45) is 5.36. The van der Waals surface area contributed by atoms with Crippen molar-refractivity contribution in [1.29, 1.82) is 0 Å². The Kier molecular flexibility index (Phi) is 5.48. The summed E-state index contributed by atoms with van der Waals surface area (Å²) in [4.78, 5) is 27.8. The first kappa shape index (κ1) is 16.0. The number of furan rings is 1. The van der Waals surface area contributed by atoms with Crippen molar-refractivity contribution in [3.05, 3.63) is 40.8 Å². The first-order valence-corrected chi connectivity index (χ1v) is 7.45. The lowest BCUT2D eigenvalue weighted by Gasteiger charge is -1.96. The molecule has 2 aromatic heterocycles. The van der Waals surface area contributed by atoms with E-state index in [4.69, 9.17) is 4.42 Å². The van der Waals surface area contributed by atoms with Crippen LogP contribution in [0.25, 0.3) is 6.08 Å². The predicted molar refractivity (Wildman–Crippen MR) is 83.6 cm³/mol. The van der Waals surface area contributed by atoms with Gasteiger partial charge in [0.1, 0.15) is 11.5 Å². The number of ether oxygens (including phenoxy) is 1. The van der Waals surface area contributed by atoms with E-state index in [1.54, 1.807) is 24.4 Å². The molecule has 7 heteroatoms. The number of methoxy groups -OCH3 is 1. The van der Waals surface area contributed by atoms with E-state index in [1.807, 2.05) is 6.92 Å². The molecule has 0 aliphatic carbocycles. The highest BCUT2D eigenvalue weighted by molar-refractivity contribution is 7.15. The van der Waals surface area contributed by atoms with Gasteiger partial charge in [-0.25, -0.2) is 4.98 Å². The third-order valence-corrected chi connectivity index (χ3v) is 3.56. The van der Waals surface area contributed by atoms with Gasteiger partial charge in [0.05, 0.1) is 13.5 Å². The van der Waals surface area contributed by atoms with Crippen LogP contribution in [0, 0.1) is 6.92 Å². The molecule has 6 nitrogen and oxygen atoms in total. The molecule has 0 aromatic carbocycles. The summed E-state index contributed by atoms with van der Waals surface area (Å²) >= 11 is 1.41. The average molecular weight is 320 g/mol. The van der Waals surface area contributed by atoms with Gasteiger partial charge in [0.25, 0.3) is 0 Å². The minimum atomic E-state index is -0.286. The summed E-state index contributed by atoms with van der Waals surface area (Å²) in [5.74, 6) is 0.653. The van der Waals surface area contributed by atoms with Crippen LogP contribution in [0.2, 0.25) is 0 Å². The molecule has 0 aliphatic heterocycles. The number of nitrogens with one attached hydrogen (secondary N) is 1. The zero-order valence-corrected chi connectivity index (χ0v) is 13.1. The Morgan fingerprint density at radius 1 is 1.45 bits per heavy atom. The lowest BCUT2D eigenvalue weighted by Crippen LogP contribution is -2.06. The van der Waals surface area contributed by atoms with Crippen LogP contribution in [0.15, 0.2) is 28.8 Å². The number of aryl methyl sites for hydroxylation is 2. The third kappa shape index (κ3) is 4.85. The largest absolute Gasteiger partial charge is 0.469 e. The quantitative estimate of drug-likeness (QED) is 0.654. The van der Waals surface area contributed by atoms with Crippen molar-refractivity contribution in [1.82, 2.24) is 4.98 Å². The summed E-state index contributed by atoms with van der Waals surface area (Å²) in [5, 5.41) is 3.23. The second-order valence-electron chi connectivity index (χ2n) is 4.48. The Morgan fingerprint density at radius 2 is 2.27 bits per heavy atom. The molecule has 1 amide bonds. The smallest absolute Gasteiger partial charge is 0.305 e. The Labute approximate surface area is 131 Å². The second-order valence-corrected chi connectivity index (χ2v) is 5.71. The molecular formula is C15H16N2O4S. The number of aromatic nitrogens is 1. The number of hydrogen-bond donors (Lipinski definition) is 1. The Balaban J connectivity index is 1.86. The van der Waals surface area contributed by atoms with Gasteiger partial charge in [0, 0.05) is 23.6 Å². The summed E-state index contributed by atoms with van der Waals surface area (Å²) in [5.41, 5.74) is 0. The minimum absolute atomic E-state index is 0.261. The molecule has 0 spiro atoms. The van der Waals surface area contributed by atoms with Crippen molar-refractivity contribution in [3.63, 3.8) is 0 Å². The number of esters is 1. The maximum atomic E-state index is 11.7. The van der Waals surface area contributed by atoms with Crippen LogP contribution in [0.5, 0.6) is 0 Å². The molecule has 0 radical (unpaired) electrons. The average Bonchev–Trinajstić information content (AvgIpc) is 3.11. The van der Waals surface area contributed by atoms with Crippen molar-refractivity contribution in [3.8, 4) is 0 Å². The van der Waals surface area contributed by atoms with Gasteiger partial charge in [0.15, 0.2) is 5.13 Å². The van der Waals surface area contributed by atoms with E-state index in [9.17, 15) is 9.59 Å². The Bertz CT molecular complexity index is 687. The predicted octanol–water partition coefficient (Wildman–Crippen LogP) is 2.80. The number of carbonyl (C=O) groups is 2. The van der Waals surface area contributed by atoms with E-state index in [2.05, 4.69) is 15.0 Å². The molecule has 0 fully saturated rings. The fourth-order valence-corrected chi connectivity index (χ4v) is 2.33. The number of nitrogens with zero attached hydrogens (tertiary/aromatic N) is 1. The highest BCUT2D eigenvalue weighted by atomic mass is 32.1. The number of hydrogen-bond acceptors (Lipinski definition) is 6. The van der Waals surface area contributed by atoms with Crippen LogP contribution in [-0.4, -0.2) is 24.0 Å². The first-order valence-electron chi connectivity index (χ1n) is 6.64. The maximum Gasteiger partial charge on any atom is 0.305 e. The van der Waals surface area contributed by atoms with Crippen molar-refractivity contribution in [2.45, 2.75) is 19.8 Å². The van der Waals surface area contributed by atoms with Crippen molar-refractivity contribution >= 4 is 34.4 Å². The molecule has 2 rings (SSSR count). The van der Waals surface area contributed by atoms with Crippen LogP contribution < -0.4 is 5.32 Å². The van der Waals surface area contributed by atoms with E-state index in [1.165, 1.54) is 24.5 Å². The van der Waals surface area contributed by atoms with Gasteiger partial charge in [0.2, 0.25) is 5.91 Å². The van der Waals surface area contributed by atoms with Gasteiger partial charge < -0.3 is 9.15 Å². The number of thiazole rings is 1. The zero-order valence-electron chi connectivity index (χ0n) is 12.3. The summed E-state index contributed by atoms with van der Waals surface area (Å²) < 4.78 is 10.1.